The fourth-order valence-corrected chi connectivity index (χ4v) is 3.84. The summed E-state index contributed by atoms with van der Waals surface area (Å²) in [6.45, 7) is 1.78. The van der Waals surface area contributed by atoms with Gasteiger partial charge in [-0.3, -0.25) is 9.78 Å². The highest BCUT2D eigenvalue weighted by Crippen LogP contribution is 2.28. The molecule has 0 saturated carbocycles. The van der Waals surface area contributed by atoms with Gasteiger partial charge in [-0.2, -0.15) is 5.10 Å². The monoisotopic (exact) mass is 401 g/mol. The summed E-state index contributed by atoms with van der Waals surface area (Å²) in [7, 11) is 0. The summed E-state index contributed by atoms with van der Waals surface area (Å²) >= 11 is 1.73. The maximum atomic E-state index is 12.3. The average Bonchev–Trinajstić information content (AvgIpc) is 3.31. The Bertz CT molecular complexity index is 1150. The highest BCUT2D eigenvalue weighted by Gasteiger charge is 2.07. The zero-order valence-corrected chi connectivity index (χ0v) is 16.6. The van der Waals surface area contributed by atoms with E-state index < -0.39 is 0 Å². The lowest BCUT2D eigenvalue weighted by Gasteiger charge is -2.06. The van der Waals surface area contributed by atoms with Crippen LogP contribution in [0.3, 0.4) is 0 Å². The number of nitrogens with one attached hydrogen (secondary N) is 1. The summed E-state index contributed by atoms with van der Waals surface area (Å²) in [4.78, 5) is 17.9. The van der Waals surface area contributed by atoms with E-state index in [0.29, 0.717) is 17.0 Å². The Morgan fingerprint density at radius 3 is 2.69 bits per heavy atom. The maximum Gasteiger partial charge on any atom is 0.271 e. The first-order valence-electron chi connectivity index (χ1n) is 9.15. The predicted molar refractivity (Wildman–Crippen MR) is 116 cm³/mol. The van der Waals surface area contributed by atoms with Crippen LogP contribution in [0.15, 0.2) is 93.6 Å². The number of hydrogen-bond acceptors (Lipinski definition) is 5. The van der Waals surface area contributed by atoms with Gasteiger partial charge in [0.1, 0.15) is 11.5 Å². The second-order valence-corrected chi connectivity index (χ2v) is 7.45. The molecule has 2 aromatic carbocycles. The molecule has 6 heteroatoms. The van der Waals surface area contributed by atoms with Gasteiger partial charge in [-0.15, -0.1) is 11.8 Å². The number of amides is 1. The van der Waals surface area contributed by atoms with Gasteiger partial charge in [0.15, 0.2) is 0 Å². The molecule has 0 aliphatic rings. The second kappa shape index (κ2) is 8.75. The van der Waals surface area contributed by atoms with Crippen molar-refractivity contribution in [1.29, 1.82) is 0 Å². The smallest absolute Gasteiger partial charge is 0.271 e. The maximum absolute atomic E-state index is 12.3. The highest BCUT2D eigenvalue weighted by molar-refractivity contribution is 7.98. The molecule has 5 nitrogen and oxygen atoms in total. The summed E-state index contributed by atoms with van der Waals surface area (Å²) in [6, 6.07) is 21.3. The fourth-order valence-electron chi connectivity index (χ4n) is 2.84. The van der Waals surface area contributed by atoms with Gasteiger partial charge in [0, 0.05) is 27.8 Å². The van der Waals surface area contributed by atoms with Crippen molar-refractivity contribution in [3.8, 4) is 0 Å². The molecule has 0 fully saturated rings. The van der Waals surface area contributed by atoms with Crippen LogP contribution in [0.1, 0.15) is 28.6 Å². The van der Waals surface area contributed by atoms with Crippen molar-refractivity contribution in [1.82, 2.24) is 10.4 Å². The quantitative estimate of drug-likeness (QED) is 0.271. The van der Waals surface area contributed by atoms with Crippen LogP contribution < -0.4 is 5.43 Å². The summed E-state index contributed by atoms with van der Waals surface area (Å²) in [5.74, 6) is 1.17. The van der Waals surface area contributed by atoms with Gasteiger partial charge in [0.2, 0.25) is 0 Å². The average molecular weight is 401 g/mol. The number of fused-ring (bicyclic) bond motifs is 1. The number of hydrazone groups is 1. The van der Waals surface area contributed by atoms with Gasteiger partial charge < -0.3 is 4.42 Å². The number of benzene rings is 2. The second-order valence-electron chi connectivity index (χ2n) is 6.43. The van der Waals surface area contributed by atoms with Crippen LogP contribution in [0.5, 0.6) is 0 Å². The van der Waals surface area contributed by atoms with Crippen molar-refractivity contribution in [3.05, 3.63) is 96.1 Å². The number of pyridine rings is 1. The van der Waals surface area contributed by atoms with Gasteiger partial charge in [0.05, 0.1) is 11.8 Å². The summed E-state index contributed by atoms with van der Waals surface area (Å²) in [5, 5.41) is 5.22. The number of hydrogen-bond donors (Lipinski definition) is 1. The number of nitrogens with zero attached hydrogens (tertiary/aromatic N) is 2. The third-order valence-electron chi connectivity index (χ3n) is 4.41. The Morgan fingerprint density at radius 1 is 1.07 bits per heavy atom. The number of para-hydroxylation sites is 1. The minimum atomic E-state index is -0.256. The van der Waals surface area contributed by atoms with E-state index in [4.69, 9.17) is 4.42 Å². The molecule has 0 radical (unpaired) electrons. The molecule has 0 spiro atoms. The van der Waals surface area contributed by atoms with E-state index in [1.54, 1.807) is 37.1 Å². The van der Waals surface area contributed by atoms with Crippen LogP contribution in [0.4, 0.5) is 0 Å². The van der Waals surface area contributed by atoms with Gasteiger partial charge in [0.25, 0.3) is 5.91 Å². The zero-order chi connectivity index (χ0) is 20.1. The van der Waals surface area contributed by atoms with E-state index in [1.165, 1.54) is 0 Å². The van der Waals surface area contributed by atoms with Gasteiger partial charge >= 0.3 is 0 Å². The van der Waals surface area contributed by atoms with Crippen LogP contribution >= 0.6 is 11.8 Å². The molecule has 4 aromatic rings. The molecular weight excluding hydrogens is 382 g/mol. The number of furan rings is 1. The lowest BCUT2D eigenvalue weighted by atomic mass is 10.1. The van der Waals surface area contributed by atoms with Gasteiger partial charge in [-0.25, -0.2) is 5.43 Å². The van der Waals surface area contributed by atoms with Crippen LogP contribution in [0, 0.1) is 0 Å². The Kier molecular flexibility index (Phi) is 5.72. The third-order valence-corrected chi connectivity index (χ3v) is 5.53. The Hall–Kier alpha value is -3.38. The van der Waals surface area contributed by atoms with Crippen molar-refractivity contribution in [2.24, 2.45) is 5.10 Å². The van der Waals surface area contributed by atoms with E-state index in [-0.39, 0.29) is 5.91 Å². The molecule has 1 amide bonds. The highest BCUT2D eigenvalue weighted by atomic mass is 32.2. The van der Waals surface area contributed by atoms with E-state index in [2.05, 4.69) is 33.7 Å². The molecule has 2 heterocycles. The summed E-state index contributed by atoms with van der Waals surface area (Å²) in [5.41, 5.74) is 5.88. The van der Waals surface area contributed by atoms with Crippen LogP contribution in [0.25, 0.3) is 10.9 Å². The molecule has 0 aliphatic carbocycles. The van der Waals surface area contributed by atoms with Crippen LogP contribution in [-0.4, -0.2) is 16.6 Å². The van der Waals surface area contributed by atoms with Crippen molar-refractivity contribution in [2.45, 2.75) is 17.6 Å². The predicted octanol–water partition coefficient (Wildman–Crippen LogP) is 5.27. The number of aromatic nitrogens is 1. The fraction of sp³-hybridized carbons (Fsp3) is 0.0870. The molecule has 0 bridgehead atoms. The molecule has 1 N–H and O–H groups in total. The van der Waals surface area contributed by atoms with E-state index >= 15 is 0 Å². The molecule has 2 aromatic heterocycles. The van der Waals surface area contributed by atoms with E-state index in [1.807, 2.05) is 42.6 Å². The lowest BCUT2D eigenvalue weighted by Crippen LogP contribution is -2.19. The van der Waals surface area contributed by atoms with Crippen molar-refractivity contribution >= 4 is 34.3 Å². The SMILES string of the molecule is C/C(=N/NC(=O)c1ccc(CSc2cccc3cccnc23)cc1)c1ccco1. The van der Waals surface area contributed by atoms with Crippen molar-refractivity contribution < 1.29 is 9.21 Å². The van der Waals surface area contributed by atoms with Gasteiger partial charge in [-0.1, -0.05) is 30.3 Å². The standard InChI is InChI=1S/C23H19N3O2S/c1-16(20-7-4-14-28-20)25-26-23(27)19-11-9-17(10-12-19)15-29-21-8-2-5-18-6-3-13-24-22(18)21/h2-14H,15H2,1H3,(H,26,27)/b25-16-. The molecular formula is C23H19N3O2S. The zero-order valence-electron chi connectivity index (χ0n) is 15.8. The van der Waals surface area contributed by atoms with E-state index in [9.17, 15) is 4.79 Å². The molecule has 29 heavy (non-hydrogen) atoms. The van der Waals surface area contributed by atoms with E-state index in [0.717, 1.165) is 27.1 Å². The number of carbonyl (C=O) groups excluding carboxylic acids is 1. The number of carbonyl (C=O) groups is 1. The van der Waals surface area contributed by atoms with Crippen LogP contribution in [0.2, 0.25) is 0 Å². The third kappa shape index (κ3) is 4.55. The molecule has 144 valence electrons. The molecule has 4 rings (SSSR count). The van der Waals surface area contributed by atoms with Crippen molar-refractivity contribution in [3.63, 3.8) is 0 Å². The first-order chi connectivity index (χ1) is 14.2. The molecule has 0 atom stereocenters. The number of thioether (sulfide) groups is 1. The van der Waals surface area contributed by atoms with Gasteiger partial charge in [-0.05, 0) is 48.9 Å². The van der Waals surface area contributed by atoms with Crippen molar-refractivity contribution in [2.75, 3.05) is 0 Å². The largest absolute Gasteiger partial charge is 0.463 e. The lowest BCUT2D eigenvalue weighted by molar-refractivity contribution is 0.0955. The molecule has 0 unspecified atom stereocenters. The molecule has 0 saturated heterocycles. The Morgan fingerprint density at radius 2 is 1.90 bits per heavy atom. The summed E-state index contributed by atoms with van der Waals surface area (Å²) in [6.07, 6.45) is 3.39. The van der Waals surface area contributed by atoms with Crippen LogP contribution in [-0.2, 0) is 5.75 Å². The molecule has 0 aliphatic heterocycles. The topological polar surface area (TPSA) is 67.5 Å². The minimum absolute atomic E-state index is 0.256. The number of rotatable bonds is 6. The first kappa shape index (κ1) is 19.0. The minimum Gasteiger partial charge on any atom is -0.463 e. The Labute approximate surface area is 172 Å². The Balaban J connectivity index is 1.39. The summed E-state index contributed by atoms with van der Waals surface area (Å²) < 4.78 is 5.25. The first-order valence-corrected chi connectivity index (χ1v) is 10.1. The normalized spacial score (nSPS) is 11.6.